The van der Waals surface area contributed by atoms with Crippen LogP contribution in [0, 0.1) is 11.3 Å². The van der Waals surface area contributed by atoms with Crippen LogP contribution in [0.15, 0.2) is 30.4 Å². The van der Waals surface area contributed by atoms with Crippen LogP contribution in [0.2, 0.25) is 0 Å². The van der Waals surface area contributed by atoms with E-state index in [2.05, 4.69) is 34.8 Å². The van der Waals surface area contributed by atoms with Gasteiger partial charge in [0.1, 0.15) is 23.5 Å². The maximum atomic E-state index is 13.6. The van der Waals surface area contributed by atoms with Gasteiger partial charge in [0, 0.05) is 32.4 Å². The highest BCUT2D eigenvalue weighted by atomic mass is 16.5. The van der Waals surface area contributed by atoms with Crippen LogP contribution < -0.4 is 0 Å². The average molecular weight is 437 g/mol. The lowest BCUT2D eigenvalue weighted by molar-refractivity contribution is -0.127. The molecule has 0 aliphatic carbocycles. The van der Waals surface area contributed by atoms with Gasteiger partial charge in [-0.25, -0.2) is 4.98 Å². The maximum Gasteiger partial charge on any atom is 0.266 e. The number of piperidine rings is 1. The number of hydrogen-bond donors (Lipinski definition) is 0. The average Bonchev–Trinajstić information content (AvgIpc) is 3.45. The lowest BCUT2D eigenvalue weighted by Gasteiger charge is -2.42. The first-order valence-corrected chi connectivity index (χ1v) is 11.5. The summed E-state index contributed by atoms with van der Waals surface area (Å²) in [5, 5.41) is 10.3. The van der Waals surface area contributed by atoms with Crippen molar-refractivity contribution in [3.05, 3.63) is 30.4 Å². The van der Waals surface area contributed by atoms with Crippen LogP contribution in [0.3, 0.4) is 0 Å². The highest BCUT2D eigenvalue weighted by Gasteiger charge is 2.42. The quantitative estimate of drug-likeness (QED) is 0.511. The van der Waals surface area contributed by atoms with Gasteiger partial charge < -0.3 is 9.64 Å². The summed E-state index contributed by atoms with van der Waals surface area (Å²) in [6, 6.07) is 4.41. The molecule has 0 saturated carbocycles. The van der Waals surface area contributed by atoms with Crippen molar-refractivity contribution in [2.24, 2.45) is 0 Å². The maximum absolute atomic E-state index is 13.6. The molecule has 0 radical (unpaired) electrons. The van der Waals surface area contributed by atoms with Crippen LogP contribution in [0.4, 0.5) is 0 Å². The summed E-state index contributed by atoms with van der Waals surface area (Å²) < 4.78 is 7.41. The number of ether oxygens (including phenoxy) is 1. The Morgan fingerprint density at radius 2 is 2.03 bits per heavy atom. The molecule has 2 aromatic heterocycles. The van der Waals surface area contributed by atoms with Crippen LogP contribution in [-0.4, -0.2) is 75.2 Å². The van der Waals surface area contributed by atoms with Gasteiger partial charge >= 0.3 is 0 Å². The van der Waals surface area contributed by atoms with Gasteiger partial charge in [-0.05, 0) is 58.6 Å². The van der Waals surface area contributed by atoms with E-state index in [1.165, 1.54) is 0 Å². The van der Waals surface area contributed by atoms with Crippen LogP contribution in [-0.2, 0) is 9.53 Å². The Morgan fingerprint density at radius 3 is 2.75 bits per heavy atom. The van der Waals surface area contributed by atoms with Gasteiger partial charge in [0.2, 0.25) is 0 Å². The molecule has 2 aliphatic heterocycles. The molecule has 8 nitrogen and oxygen atoms in total. The Balaban J connectivity index is 1.89. The standard InChI is InChI=1S/C24H32N6O2/c1-24(2,30-13-7-8-18(30)16-32-3)22(29-17-27-20-15-26-10-9-21(20)29)19(14-25)23(31)28-11-5-4-6-12-28/h9-10,15,17-18H,4-8,11-13,16H2,1-3H3. The molecule has 170 valence electrons. The molecule has 2 fully saturated rings. The first-order valence-electron chi connectivity index (χ1n) is 11.5. The van der Waals surface area contributed by atoms with Crippen LogP contribution in [0.25, 0.3) is 16.7 Å². The Labute approximate surface area is 189 Å². The highest BCUT2D eigenvalue weighted by molar-refractivity contribution is 6.04. The Morgan fingerprint density at radius 1 is 1.25 bits per heavy atom. The number of rotatable bonds is 6. The zero-order chi connectivity index (χ0) is 22.7. The predicted octanol–water partition coefficient (Wildman–Crippen LogP) is 3.07. The van der Waals surface area contributed by atoms with E-state index in [0.717, 1.165) is 49.7 Å². The summed E-state index contributed by atoms with van der Waals surface area (Å²) >= 11 is 0. The van der Waals surface area contributed by atoms with E-state index < -0.39 is 5.54 Å². The van der Waals surface area contributed by atoms with E-state index >= 15 is 0 Å². The largest absolute Gasteiger partial charge is 0.383 e. The molecule has 1 atom stereocenters. The molecule has 8 heteroatoms. The number of fused-ring (bicyclic) bond motifs is 1. The van der Waals surface area contributed by atoms with Crippen LogP contribution in [0.5, 0.6) is 0 Å². The molecule has 0 N–H and O–H groups in total. The Kier molecular flexibility index (Phi) is 6.58. The number of amides is 1. The van der Waals surface area contributed by atoms with Crippen molar-refractivity contribution in [3.8, 4) is 6.07 Å². The molecular formula is C24H32N6O2. The monoisotopic (exact) mass is 436 g/mol. The van der Waals surface area contributed by atoms with E-state index in [9.17, 15) is 10.1 Å². The molecule has 1 amide bonds. The third kappa shape index (κ3) is 4.03. The van der Waals surface area contributed by atoms with E-state index in [1.807, 2.05) is 15.5 Å². The second-order valence-electron chi connectivity index (χ2n) is 9.17. The fraction of sp³-hybridized carbons (Fsp3) is 0.583. The minimum absolute atomic E-state index is 0.186. The van der Waals surface area contributed by atoms with Crippen LogP contribution in [0.1, 0.15) is 46.0 Å². The number of carbonyl (C=O) groups excluding carboxylic acids is 1. The number of aromatic nitrogens is 3. The smallest absolute Gasteiger partial charge is 0.266 e. The van der Waals surface area contributed by atoms with Crippen molar-refractivity contribution in [2.75, 3.05) is 33.4 Å². The molecule has 2 aliphatic rings. The molecule has 0 spiro atoms. The molecule has 0 aromatic carbocycles. The predicted molar refractivity (Wildman–Crippen MR) is 122 cm³/mol. The molecule has 4 rings (SSSR count). The van der Waals surface area contributed by atoms with Gasteiger partial charge in [-0.2, -0.15) is 5.26 Å². The number of pyridine rings is 1. The lowest BCUT2D eigenvalue weighted by atomic mass is 9.91. The minimum atomic E-state index is -0.590. The number of methoxy groups -OCH3 is 1. The minimum Gasteiger partial charge on any atom is -0.383 e. The zero-order valence-electron chi connectivity index (χ0n) is 19.3. The third-order valence-corrected chi connectivity index (χ3v) is 6.83. The number of nitrogens with zero attached hydrogens (tertiary/aromatic N) is 6. The van der Waals surface area contributed by atoms with E-state index in [-0.39, 0.29) is 17.5 Å². The number of carbonyl (C=O) groups is 1. The topological polar surface area (TPSA) is 87.3 Å². The Bertz CT molecular complexity index is 1040. The number of hydrogen-bond acceptors (Lipinski definition) is 6. The summed E-state index contributed by atoms with van der Waals surface area (Å²) in [7, 11) is 1.72. The fourth-order valence-corrected chi connectivity index (χ4v) is 5.29. The van der Waals surface area contributed by atoms with Crippen molar-refractivity contribution in [3.63, 3.8) is 0 Å². The van der Waals surface area contributed by atoms with E-state index in [0.29, 0.717) is 25.4 Å². The first-order chi connectivity index (χ1) is 15.5. The molecular weight excluding hydrogens is 404 g/mol. The number of nitriles is 1. The normalized spacial score (nSPS) is 20.9. The van der Waals surface area contributed by atoms with Crippen molar-refractivity contribution in [1.82, 2.24) is 24.3 Å². The first kappa shape index (κ1) is 22.4. The molecule has 1 unspecified atom stereocenters. The molecule has 2 aromatic rings. The second kappa shape index (κ2) is 9.39. The number of likely N-dealkylation sites (tertiary alicyclic amines) is 2. The number of imidazole rings is 1. The van der Waals surface area contributed by atoms with Gasteiger partial charge in [-0.3, -0.25) is 19.2 Å². The molecule has 0 bridgehead atoms. The highest BCUT2D eigenvalue weighted by Crippen LogP contribution is 2.38. The van der Waals surface area contributed by atoms with Gasteiger partial charge in [0.15, 0.2) is 0 Å². The third-order valence-electron chi connectivity index (χ3n) is 6.83. The van der Waals surface area contributed by atoms with Gasteiger partial charge in [-0.1, -0.05) is 0 Å². The van der Waals surface area contributed by atoms with E-state index in [4.69, 9.17) is 4.74 Å². The van der Waals surface area contributed by atoms with E-state index in [1.54, 1.807) is 25.8 Å². The fourth-order valence-electron chi connectivity index (χ4n) is 5.29. The molecule has 32 heavy (non-hydrogen) atoms. The van der Waals surface area contributed by atoms with Crippen LogP contribution >= 0.6 is 0 Å². The Hall–Kier alpha value is -2.76. The van der Waals surface area contributed by atoms with Gasteiger partial charge in [-0.15, -0.1) is 0 Å². The summed E-state index contributed by atoms with van der Waals surface area (Å²) in [4.78, 5) is 26.5. The van der Waals surface area contributed by atoms with Crippen molar-refractivity contribution in [2.45, 2.75) is 57.5 Å². The van der Waals surface area contributed by atoms with Crippen molar-refractivity contribution < 1.29 is 9.53 Å². The zero-order valence-corrected chi connectivity index (χ0v) is 19.3. The van der Waals surface area contributed by atoms with Crippen molar-refractivity contribution >= 4 is 22.6 Å². The summed E-state index contributed by atoms with van der Waals surface area (Å²) in [6.07, 6.45) is 10.3. The summed E-state index contributed by atoms with van der Waals surface area (Å²) in [5.41, 5.74) is 1.85. The van der Waals surface area contributed by atoms with Gasteiger partial charge in [0.25, 0.3) is 5.91 Å². The second-order valence-corrected chi connectivity index (χ2v) is 9.17. The molecule has 4 heterocycles. The summed E-state index contributed by atoms with van der Waals surface area (Å²) in [6.45, 7) is 7.10. The lowest BCUT2D eigenvalue weighted by Crippen LogP contribution is -2.51. The van der Waals surface area contributed by atoms with Gasteiger partial charge in [0.05, 0.1) is 29.6 Å². The summed E-state index contributed by atoms with van der Waals surface area (Å²) in [5.74, 6) is -0.186. The SMILES string of the molecule is COCC1CCCN1C(C)(C)C(=C(C#N)C(=O)N1CCCCC1)n1cnc2cnccc21. The molecule has 2 saturated heterocycles. The van der Waals surface area contributed by atoms with Crippen molar-refractivity contribution in [1.29, 1.82) is 5.26 Å².